The number of unbranched alkanes of at least 4 members (excludes halogenated alkanes) is 7. The number of nitrogens with two attached hydrogens (primary N) is 1. The van der Waals surface area contributed by atoms with Gasteiger partial charge in [-0.15, -0.1) is 0 Å². The standard InChI is InChI=1S/C15H29N3/c1-3-4-5-6-7-8-9-10-11-14(2)15-17-12-13-18(15)16/h12-14H,3-11,16H2,1-2H3. The SMILES string of the molecule is CCCCCCCCCCC(C)c1nccn1N. The average molecular weight is 251 g/mol. The van der Waals surface area contributed by atoms with Gasteiger partial charge in [0.05, 0.1) is 0 Å². The van der Waals surface area contributed by atoms with Gasteiger partial charge in [0.1, 0.15) is 5.82 Å². The fraction of sp³-hybridized carbons (Fsp3) is 0.800. The Bertz CT molecular complexity index is 306. The molecule has 3 heteroatoms. The summed E-state index contributed by atoms with van der Waals surface area (Å²) < 4.78 is 1.65. The van der Waals surface area contributed by atoms with Crippen molar-refractivity contribution in [2.45, 2.75) is 77.6 Å². The van der Waals surface area contributed by atoms with Crippen molar-refractivity contribution in [3.63, 3.8) is 0 Å². The molecule has 0 aliphatic rings. The number of rotatable bonds is 10. The molecule has 0 saturated heterocycles. The molecule has 1 heterocycles. The number of nitrogen functional groups attached to an aromatic ring is 1. The van der Waals surface area contributed by atoms with Crippen molar-refractivity contribution in [1.82, 2.24) is 9.66 Å². The summed E-state index contributed by atoms with van der Waals surface area (Å²) in [5, 5.41) is 0. The van der Waals surface area contributed by atoms with Crippen molar-refractivity contribution in [3.05, 3.63) is 18.2 Å². The van der Waals surface area contributed by atoms with Crippen LogP contribution in [0.2, 0.25) is 0 Å². The zero-order valence-corrected chi connectivity index (χ0v) is 12.1. The van der Waals surface area contributed by atoms with Gasteiger partial charge in [-0.1, -0.05) is 65.2 Å². The highest BCUT2D eigenvalue weighted by molar-refractivity contribution is 4.98. The minimum absolute atomic E-state index is 0.477. The van der Waals surface area contributed by atoms with Crippen LogP contribution in [0.5, 0.6) is 0 Å². The molecule has 1 rings (SSSR count). The van der Waals surface area contributed by atoms with Gasteiger partial charge in [0.2, 0.25) is 0 Å². The molecule has 0 fully saturated rings. The minimum Gasteiger partial charge on any atom is -0.338 e. The third-order valence-corrected chi connectivity index (χ3v) is 3.63. The monoisotopic (exact) mass is 251 g/mol. The van der Waals surface area contributed by atoms with Crippen LogP contribution in [0.3, 0.4) is 0 Å². The molecule has 0 spiro atoms. The molecule has 0 amide bonds. The highest BCUT2D eigenvalue weighted by atomic mass is 15.3. The predicted molar refractivity (Wildman–Crippen MR) is 78.0 cm³/mol. The zero-order chi connectivity index (χ0) is 13.2. The van der Waals surface area contributed by atoms with Crippen LogP contribution in [0, 0.1) is 0 Å². The summed E-state index contributed by atoms with van der Waals surface area (Å²) >= 11 is 0. The largest absolute Gasteiger partial charge is 0.338 e. The number of hydrogen-bond acceptors (Lipinski definition) is 2. The number of hydrogen-bond donors (Lipinski definition) is 1. The molecule has 2 N–H and O–H groups in total. The Morgan fingerprint density at radius 3 is 2.28 bits per heavy atom. The molecule has 0 saturated carbocycles. The van der Waals surface area contributed by atoms with Gasteiger partial charge < -0.3 is 5.84 Å². The lowest BCUT2D eigenvalue weighted by Gasteiger charge is -2.10. The summed E-state index contributed by atoms with van der Waals surface area (Å²) in [4.78, 5) is 4.30. The Morgan fingerprint density at radius 2 is 1.72 bits per heavy atom. The predicted octanol–water partition coefficient (Wildman–Crippen LogP) is 4.23. The van der Waals surface area contributed by atoms with Gasteiger partial charge in [0.25, 0.3) is 0 Å². The van der Waals surface area contributed by atoms with Crippen LogP contribution >= 0.6 is 0 Å². The summed E-state index contributed by atoms with van der Waals surface area (Å²) in [7, 11) is 0. The molecule has 0 aliphatic heterocycles. The van der Waals surface area contributed by atoms with Crippen LogP contribution in [0.1, 0.15) is 83.4 Å². The quantitative estimate of drug-likeness (QED) is 0.499. The highest BCUT2D eigenvalue weighted by Crippen LogP contribution is 2.20. The molecule has 0 aliphatic carbocycles. The van der Waals surface area contributed by atoms with Gasteiger partial charge in [-0.2, -0.15) is 0 Å². The zero-order valence-electron chi connectivity index (χ0n) is 12.1. The Morgan fingerprint density at radius 1 is 1.11 bits per heavy atom. The van der Waals surface area contributed by atoms with Crippen LogP contribution in [-0.2, 0) is 0 Å². The normalized spacial score (nSPS) is 12.8. The molecule has 1 atom stereocenters. The second kappa shape index (κ2) is 9.01. The summed E-state index contributed by atoms with van der Waals surface area (Å²) in [5.74, 6) is 7.28. The average Bonchev–Trinajstić information content (AvgIpc) is 2.79. The van der Waals surface area contributed by atoms with E-state index in [1.54, 1.807) is 10.9 Å². The Labute approximate surface area is 112 Å². The van der Waals surface area contributed by atoms with E-state index in [0.717, 1.165) is 5.82 Å². The number of nitrogens with zero attached hydrogens (tertiary/aromatic N) is 2. The lowest BCUT2D eigenvalue weighted by Crippen LogP contribution is -2.13. The number of aromatic nitrogens is 2. The molecule has 0 radical (unpaired) electrons. The van der Waals surface area contributed by atoms with Gasteiger partial charge in [0.15, 0.2) is 0 Å². The van der Waals surface area contributed by atoms with Gasteiger partial charge in [-0.05, 0) is 6.42 Å². The van der Waals surface area contributed by atoms with Crippen LogP contribution in [0.25, 0.3) is 0 Å². The fourth-order valence-electron chi connectivity index (χ4n) is 2.42. The maximum absolute atomic E-state index is 5.79. The van der Waals surface area contributed by atoms with Gasteiger partial charge in [-0.25, -0.2) is 4.98 Å². The topological polar surface area (TPSA) is 43.8 Å². The molecule has 18 heavy (non-hydrogen) atoms. The lowest BCUT2D eigenvalue weighted by atomic mass is 10.0. The van der Waals surface area contributed by atoms with E-state index < -0.39 is 0 Å². The van der Waals surface area contributed by atoms with Gasteiger partial charge >= 0.3 is 0 Å². The Hall–Kier alpha value is -0.990. The Kier molecular flexibility index (Phi) is 7.54. The Balaban J connectivity index is 1.99. The maximum atomic E-state index is 5.79. The van der Waals surface area contributed by atoms with E-state index in [9.17, 15) is 0 Å². The maximum Gasteiger partial charge on any atom is 0.129 e. The molecule has 1 aromatic heterocycles. The molecule has 1 aromatic rings. The molecule has 0 bridgehead atoms. The van der Waals surface area contributed by atoms with E-state index in [1.807, 2.05) is 6.20 Å². The van der Waals surface area contributed by atoms with E-state index in [4.69, 9.17) is 5.84 Å². The molecule has 1 unspecified atom stereocenters. The van der Waals surface area contributed by atoms with Crippen LogP contribution in [-0.4, -0.2) is 9.66 Å². The first-order valence-corrected chi connectivity index (χ1v) is 7.54. The van der Waals surface area contributed by atoms with Gasteiger partial charge in [-0.3, -0.25) is 4.68 Å². The first-order chi connectivity index (χ1) is 8.75. The van der Waals surface area contributed by atoms with E-state index in [-0.39, 0.29) is 0 Å². The first kappa shape index (κ1) is 15.1. The third kappa shape index (κ3) is 5.56. The van der Waals surface area contributed by atoms with Crippen molar-refractivity contribution in [1.29, 1.82) is 0 Å². The lowest BCUT2D eigenvalue weighted by molar-refractivity contribution is 0.530. The second-order valence-electron chi connectivity index (χ2n) is 5.36. The van der Waals surface area contributed by atoms with E-state index in [2.05, 4.69) is 18.8 Å². The fourth-order valence-corrected chi connectivity index (χ4v) is 2.42. The van der Waals surface area contributed by atoms with E-state index >= 15 is 0 Å². The van der Waals surface area contributed by atoms with Crippen molar-refractivity contribution >= 4 is 0 Å². The summed E-state index contributed by atoms with van der Waals surface area (Å²) in [6.45, 7) is 4.48. The summed E-state index contributed by atoms with van der Waals surface area (Å²) in [6.07, 6.45) is 15.8. The molecule has 0 aromatic carbocycles. The van der Waals surface area contributed by atoms with Crippen LogP contribution < -0.4 is 5.84 Å². The van der Waals surface area contributed by atoms with E-state index in [1.165, 1.54) is 57.8 Å². The molecule has 3 nitrogen and oxygen atoms in total. The highest BCUT2D eigenvalue weighted by Gasteiger charge is 2.09. The van der Waals surface area contributed by atoms with Crippen LogP contribution in [0.4, 0.5) is 0 Å². The molecule has 104 valence electrons. The first-order valence-electron chi connectivity index (χ1n) is 7.54. The van der Waals surface area contributed by atoms with Crippen molar-refractivity contribution < 1.29 is 0 Å². The van der Waals surface area contributed by atoms with E-state index in [0.29, 0.717) is 5.92 Å². The minimum atomic E-state index is 0.477. The van der Waals surface area contributed by atoms with Crippen molar-refractivity contribution in [2.75, 3.05) is 5.84 Å². The summed E-state index contributed by atoms with van der Waals surface area (Å²) in [6, 6.07) is 0. The van der Waals surface area contributed by atoms with Crippen molar-refractivity contribution in [2.24, 2.45) is 0 Å². The number of imidazole rings is 1. The van der Waals surface area contributed by atoms with Crippen LogP contribution in [0.15, 0.2) is 12.4 Å². The summed E-state index contributed by atoms with van der Waals surface area (Å²) in [5.41, 5.74) is 0. The third-order valence-electron chi connectivity index (χ3n) is 3.63. The second-order valence-corrected chi connectivity index (χ2v) is 5.36. The van der Waals surface area contributed by atoms with Crippen molar-refractivity contribution in [3.8, 4) is 0 Å². The smallest absolute Gasteiger partial charge is 0.129 e. The molecular formula is C15H29N3. The van der Waals surface area contributed by atoms with Gasteiger partial charge in [0, 0.05) is 18.3 Å². The molecular weight excluding hydrogens is 222 g/mol.